The number of esters is 2. The molecule has 31 heavy (non-hydrogen) atoms. The van der Waals surface area contributed by atoms with Gasteiger partial charge in [0, 0.05) is 0 Å². The summed E-state index contributed by atoms with van der Waals surface area (Å²) in [4.78, 5) is 40.7. The fraction of sp³-hybridized carbons (Fsp3) is 0.350. The zero-order valence-corrected chi connectivity index (χ0v) is 19.1. The van der Waals surface area contributed by atoms with Crippen molar-refractivity contribution >= 4 is 38.4 Å². The molecule has 0 saturated carbocycles. The summed E-state index contributed by atoms with van der Waals surface area (Å²) in [5.74, 6) is -2.27. The van der Waals surface area contributed by atoms with Gasteiger partial charge < -0.3 is 0 Å². The van der Waals surface area contributed by atoms with E-state index in [9.17, 15) is 19.7 Å². The van der Waals surface area contributed by atoms with Gasteiger partial charge in [-0.2, -0.15) is 0 Å². The first-order valence-electron chi connectivity index (χ1n) is 9.47. The van der Waals surface area contributed by atoms with Gasteiger partial charge >= 0.3 is 187 Å². The summed E-state index contributed by atoms with van der Waals surface area (Å²) in [6, 6.07) is 5.76. The van der Waals surface area contributed by atoms with Crippen molar-refractivity contribution in [3.63, 3.8) is 0 Å². The molecule has 165 valence electrons. The Morgan fingerprint density at radius 1 is 1.23 bits per heavy atom. The van der Waals surface area contributed by atoms with E-state index in [1.165, 1.54) is 18.2 Å². The third-order valence-corrected chi connectivity index (χ3v) is 4.71. The standard InChI is InChI=1S/C20H23N4O6Se/c1-4-29-18(25)15-11(3)23-14(10-22-20(21)31)17(19(26)30-5-2)16(15)12-7-6-8-13(9-12)24(27)28/h6-9,16,23H,4-5,10H2,1-3H3,(H2,21,22). The number of dihydropyridines is 1. The third-order valence-electron chi connectivity index (χ3n) is 4.44. The molecule has 1 aliphatic rings. The summed E-state index contributed by atoms with van der Waals surface area (Å²) in [6.45, 7) is 5.20. The number of nitro groups is 1. The Labute approximate surface area is 187 Å². The number of nitro benzene ring substituents is 1. The fourth-order valence-electron chi connectivity index (χ4n) is 3.26. The van der Waals surface area contributed by atoms with Gasteiger partial charge in [0.15, 0.2) is 0 Å². The molecule has 3 N–H and O–H groups in total. The van der Waals surface area contributed by atoms with Crippen LogP contribution in [0.15, 0.2) is 51.8 Å². The molecule has 0 spiro atoms. The van der Waals surface area contributed by atoms with Crippen LogP contribution in [0.4, 0.5) is 5.69 Å². The molecule has 0 bridgehead atoms. The Hall–Kier alpha value is -3.17. The normalized spacial score (nSPS) is 16.6. The molecule has 1 unspecified atom stereocenters. The van der Waals surface area contributed by atoms with Gasteiger partial charge in [-0.25, -0.2) is 0 Å². The summed E-state index contributed by atoms with van der Waals surface area (Å²) in [5.41, 5.74) is 6.89. The topological polar surface area (TPSA) is 146 Å². The number of nitrogens with zero attached hydrogens (tertiary/aromatic N) is 2. The first-order chi connectivity index (χ1) is 14.7. The Morgan fingerprint density at radius 3 is 2.39 bits per heavy atom. The molecular formula is C20H23N4O6Se. The molecule has 1 aliphatic heterocycles. The van der Waals surface area contributed by atoms with Crippen LogP contribution in [0.25, 0.3) is 0 Å². The monoisotopic (exact) mass is 495 g/mol. The van der Waals surface area contributed by atoms with E-state index in [0.29, 0.717) is 17.0 Å². The van der Waals surface area contributed by atoms with Crippen LogP contribution in [0.1, 0.15) is 32.3 Å². The zero-order chi connectivity index (χ0) is 23.1. The number of benzene rings is 1. The molecule has 0 saturated heterocycles. The van der Waals surface area contributed by atoms with E-state index in [1.54, 1.807) is 26.8 Å². The van der Waals surface area contributed by atoms with Crippen LogP contribution < -0.4 is 11.1 Å². The molecule has 0 amide bonds. The molecule has 10 nitrogen and oxygen atoms in total. The van der Waals surface area contributed by atoms with E-state index in [2.05, 4.69) is 26.3 Å². The molecule has 0 aromatic heterocycles. The quantitative estimate of drug-likeness (QED) is 0.138. The molecule has 1 radical (unpaired) electrons. The SMILES string of the molecule is CCOC(=O)C1=C(C)NC(CN=C(N)[Se])=C(C(=O)OCC)C1c1cccc([N+](=O)[O-])c1. The second-order valence-corrected chi connectivity index (χ2v) is 7.31. The van der Waals surface area contributed by atoms with Crippen LogP contribution in [-0.2, 0) is 19.1 Å². The Bertz CT molecular complexity index is 982. The minimum atomic E-state index is -0.952. The van der Waals surface area contributed by atoms with Crippen molar-refractivity contribution in [2.24, 2.45) is 10.7 Å². The van der Waals surface area contributed by atoms with Crippen LogP contribution in [0, 0.1) is 10.1 Å². The molecular weight excluding hydrogens is 471 g/mol. The van der Waals surface area contributed by atoms with E-state index in [-0.39, 0.29) is 41.3 Å². The van der Waals surface area contributed by atoms with Crippen molar-refractivity contribution < 1.29 is 24.0 Å². The maximum absolute atomic E-state index is 13.0. The molecule has 1 atom stereocenters. The number of nitrogens with one attached hydrogen (secondary N) is 1. The van der Waals surface area contributed by atoms with Gasteiger partial charge in [-0.1, -0.05) is 0 Å². The van der Waals surface area contributed by atoms with Crippen molar-refractivity contribution in [1.82, 2.24) is 5.32 Å². The molecule has 1 aromatic rings. The van der Waals surface area contributed by atoms with E-state index in [1.807, 2.05) is 0 Å². The van der Waals surface area contributed by atoms with Crippen molar-refractivity contribution in [2.45, 2.75) is 26.7 Å². The number of hydrogen-bond donors (Lipinski definition) is 2. The summed E-state index contributed by atoms with van der Waals surface area (Å²) < 4.78 is 10.6. The van der Waals surface area contributed by atoms with E-state index in [4.69, 9.17) is 15.2 Å². The van der Waals surface area contributed by atoms with E-state index >= 15 is 0 Å². The molecule has 0 fully saturated rings. The number of amidine groups is 1. The fourth-order valence-corrected chi connectivity index (χ4v) is 3.39. The Kier molecular flexibility index (Phi) is 8.35. The Morgan fingerprint density at radius 2 is 1.84 bits per heavy atom. The van der Waals surface area contributed by atoms with Crippen LogP contribution in [0.3, 0.4) is 0 Å². The van der Waals surface area contributed by atoms with E-state index < -0.39 is 22.8 Å². The maximum atomic E-state index is 13.0. The summed E-state index contributed by atoms with van der Waals surface area (Å²) >= 11 is 2.57. The molecule has 0 aliphatic carbocycles. The van der Waals surface area contributed by atoms with Crippen molar-refractivity contribution in [3.05, 3.63) is 62.5 Å². The van der Waals surface area contributed by atoms with Crippen LogP contribution >= 0.6 is 0 Å². The first-order valence-corrected chi connectivity index (χ1v) is 10.3. The summed E-state index contributed by atoms with van der Waals surface area (Å²) in [5, 5.41) is 14.4. The van der Waals surface area contributed by atoms with Crippen molar-refractivity contribution in [2.75, 3.05) is 19.8 Å². The van der Waals surface area contributed by atoms with Gasteiger partial charge in [0.2, 0.25) is 0 Å². The first kappa shape index (κ1) is 24.1. The number of non-ortho nitro benzene ring substituents is 1. The zero-order valence-electron chi connectivity index (χ0n) is 17.3. The number of allylic oxidation sites excluding steroid dienone is 1. The van der Waals surface area contributed by atoms with Gasteiger partial charge in [-0.05, 0) is 0 Å². The van der Waals surface area contributed by atoms with Crippen LogP contribution in [0.5, 0.6) is 0 Å². The third kappa shape index (κ3) is 5.71. The number of ether oxygens (including phenoxy) is 2. The summed E-state index contributed by atoms with van der Waals surface area (Å²) in [6.07, 6.45) is 0. The number of aliphatic imine (C=N–C) groups is 1. The Balaban J connectivity index is 2.78. The van der Waals surface area contributed by atoms with Crippen LogP contribution in [0.2, 0.25) is 0 Å². The van der Waals surface area contributed by atoms with E-state index in [0.717, 1.165) is 0 Å². The van der Waals surface area contributed by atoms with Crippen molar-refractivity contribution in [3.8, 4) is 0 Å². The van der Waals surface area contributed by atoms with Crippen molar-refractivity contribution in [1.29, 1.82) is 0 Å². The number of nitrogens with two attached hydrogens (primary N) is 1. The molecule has 1 heterocycles. The van der Waals surface area contributed by atoms with Gasteiger partial charge in [0.05, 0.1) is 0 Å². The second-order valence-electron chi connectivity index (χ2n) is 6.44. The predicted octanol–water partition coefficient (Wildman–Crippen LogP) is 1.42. The predicted molar refractivity (Wildman–Crippen MR) is 114 cm³/mol. The minimum absolute atomic E-state index is 0.00581. The van der Waals surface area contributed by atoms with Gasteiger partial charge in [-0.3, -0.25) is 0 Å². The number of carbonyl (C=O) groups is 2. The average Bonchev–Trinajstić information content (AvgIpc) is 2.71. The molecule has 11 heteroatoms. The number of hydrogen-bond acceptors (Lipinski definition) is 8. The number of carbonyl (C=O) groups excluding carboxylic acids is 2. The average molecular weight is 494 g/mol. The van der Waals surface area contributed by atoms with Crippen LogP contribution in [-0.4, -0.2) is 57.4 Å². The summed E-state index contributed by atoms with van der Waals surface area (Å²) in [7, 11) is 0. The second kappa shape index (κ2) is 10.7. The molecule has 2 rings (SSSR count). The molecule has 1 aromatic carbocycles. The van der Waals surface area contributed by atoms with Gasteiger partial charge in [0.1, 0.15) is 0 Å². The van der Waals surface area contributed by atoms with Gasteiger partial charge in [-0.15, -0.1) is 0 Å². The van der Waals surface area contributed by atoms with Gasteiger partial charge in [0.25, 0.3) is 0 Å². The number of rotatable bonds is 8.